The highest BCUT2D eigenvalue weighted by Gasteiger charge is 2.16. The van der Waals surface area contributed by atoms with Crippen LogP contribution in [0.4, 0.5) is 0 Å². The minimum atomic E-state index is 0.657. The summed E-state index contributed by atoms with van der Waals surface area (Å²) in [6.45, 7) is 2.21. The van der Waals surface area contributed by atoms with Crippen LogP contribution in [0.3, 0.4) is 0 Å². The Kier molecular flexibility index (Phi) is 8.77. The van der Waals surface area contributed by atoms with E-state index in [1.807, 2.05) is 60.7 Å². The highest BCUT2D eigenvalue weighted by Crippen LogP contribution is 2.37. The molecule has 57 heavy (non-hydrogen) atoms. The van der Waals surface area contributed by atoms with Gasteiger partial charge >= 0.3 is 0 Å². The maximum Gasteiger partial charge on any atom is 0.164 e. The van der Waals surface area contributed by atoms with Crippen molar-refractivity contribution in [2.75, 3.05) is 0 Å². The van der Waals surface area contributed by atoms with Crippen molar-refractivity contribution in [3.63, 3.8) is 0 Å². The summed E-state index contributed by atoms with van der Waals surface area (Å²) in [5.74, 6) is 1.97. The minimum Gasteiger partial charge on any atom is -0.309 e. The molecular formula is C53H38N4. The van der Waals surface area contributed by atoms with E-state index in [2.05, 4.69) is 151 Å². The van der Waals surface area contributed by atoms with Gasteiger partial charge in [0.1, 0.15) is 0 Å². The number of nitrogens with zero attached hydrogens (tertiary/aromatic N) is 4. The van der Waals surface area contributed by atoms with Gasteiger partial charge in [-0.3, -0.25) is 0 Å². The summed E-state index contributed by atoms with van der Waals surface area (Å²) >= 11 is 0. The maximum absolute atomic E-state index is 4.99. The summed E-state index contributed by atoms with van der Waals surface area (Å²) in [5, 5.41) is 2.51. The number of hydrogen-bond acceptors (Lipinski definition) is 3. The molecule has 0 amide bonds. The molecule has 8 aromatic carbocycles. The molecule has 270 valence electrons. The van der Waals surface area contributed by atoms with Crippen molar-refractivity contribution >= 4 is 21.8 Å². The van der Waals surface area contributed by atoms with Gasteiger partial charge < -0.3 is 4.57 Å². The molecule has 0 spiro atoms. The van der Waals surface area contributed by atoms with E-state index in [0.29, 0.717) is 17.5 Å². The van der Waals surface area contributed by atoms with Crippen LogP contribution in [0, 0.1) is 6.92 Å². The van der Waals surface area contributed by atoms with Gasteiger partial charge in [0, 0.05) is 33.2 Å². The molecule has 0 unspecified atom stereocenters. The molecule has 0 bridgehead atoms. The second-order valence-electron chi connectivity index (χ2n) is 14.5. The van der Waals surface area contributed by atoms with Crippen molar-refractivity contribution < 1.29 is 0 Å². The van der Waals surface area contributed by atoms with Crippen LogP contribution >= 0.6 is 0 Å². The Morgan fingerprint density at radius 2 is 0.947 bits per heavy atom. The molecule has 4 nitrogen and oxygen atoms in total. The van der Waals surface area contributed by atoms with Gasteiger partial charge in [-0.15, -0.1) is 0 Å². The first kappa shape index (κ1) is 34.1. The van der Waals surface area contributed by atoms with Crippen molar-refractivity contribution in [3.8, 4) is 62.1 Å². The van der Waals surface area contributed by atoms with Gasteiger partial charge in [0.15, 0.2) is 17.5 Å². The highest BCUT2D eigenvalue weighted by molar-refractivity contribution is 6.10. The molecule has 0 aliphatic heterocycles. The van der Waals surface area contributed by atoms with E-state index in [9.17, 15) is 0 Å². The van der Waals surface area contributed by atoms with Gasteiger partial charge in [-0.05, 0) is 88.7 Å². The summed E-state index contributed by atoms with van der Waals surface area (Å²) in [6, 6.07) is 70.8. The number of aromatic nitrogens is 4. The van der Waals surface area contributed by atoms with Gasteiger partial charge in [-0.1, -0.05) is 164 Å². The van der Waals surface area contributed by atoms with Crippen molar-refractivity contribution in [1.29, 1.82) is 0 Å². The highest BCUT2D eigenvalue weighted by atomic mass is 15.0. The molecule has 0 saturated carbocycles. The Hall–Kier alpha value is -7.43. The van der Waals surface area contributed by atoms with E-state index in [-0.39, 0.29) is 0 Å². The third-order valence-electron chi connectivity index (χ3n) is 10.8. The van der Waals surface area contributed by atoms with E-state index in [1.165, 1.54) is 60.8 Å². The van der Waals surface area contributed by atoms with E-state index in [1.54, 1.807) is 0 Å². The van der Waals surface area contributed by atoms with Gasteiger partial charge in [0.05, 0.1) is 11.0 Å². The lowest BCUT2D eigenvalue weighted by Crippen LogP contribution is -2.00. The van der Waals surface area contributed by atoms with Crippen molar-refractivity contribution in [2.24, 2.45) is 0 Å². The molecule has 0 atom stereocenters. The monoisotopic (exact) mass is 730 g/mol. The van der Waals surface area contributed by atoms with Crippen molar-refractivity contribution in [3.05, 3.63) is 217 Å². The topological polar surface area (TPSA) is 43.6 Å². The first-order chi connectivity index (χ1) is 28.2. The standard InChI is InChI=1S/C53H38N4/c1-36-28-29-40(41-30-31-47-46-26-13-14-27-49(46)57(50(47)35-41)44-23-9-4-10-24-44)34-48(36)45-25-12-11-21-42(45)32-37-16-15-22-43(33-37)53-55-51(38-17-5-2-6-18-38)54-52(56-53)39-19-7-3-8-20-39/h2-31,33-35H,32H2,1H3. The number of benzene rings is 8. The molecule has 0 N–H and O–H groups in total. The third-order valence-corrected chi connectivity index (χ3v) is 10.8. The normalized spacial score (nSPS) is 11.3. The van der Waals surface area contributed by atoms with E-state index < -0.39 is 0 Å². The minimum absolute atomic E-state index is 0.657. The Morgan fingerprint density at radius 3 is 1.68 bits per heavy atom. The maximum atomic E-state index is 4.99. The lowest BCUT2D eigenvalue weighted by Gasteiger charge is -2.15. The fourth-order valence-corrected chi connectivity index (χ4v) is 8.01. The van der Waals surface area contributed by atoms with E-state index >= 15 is 0 Å². The second kappa shape index (κ2) is 14.7. The number of hydrogen-bond donors (Lipinski definition) is 0. The molecule has 10 aromatic rings. The molecule has 2 heterocycles. The smallest absolute Gasteiger partial charge is 0.164 e. The van der Waals surface area contributed by atoms with Crippen LogP contribution in [0.15, 0.2) is 200 Å². The first-order valence-corrected chi connectivity index (χ1v) is 19.4. The molecule has 4 heteroatoms. The molecular weight excluding hydrogens is 693 g/mol. The fraction of sp³-hybridized carbons (Fsp3) is 0.0377. The predicted molar refractivity (Wildman–Crippen MR) is 235 cm³/mol. The predicted octanol–water partition coefficient (Wildman–Crippen LogP) is 13.2. The lowest BCUT2D eigenvalue weighted by molar-refractivity contribution is 1.07. The fourth-order valence-electron chi connectivity index (χ4n) is 8.01. The largest absolute Gasteiger partial charge is 0.309 e. The molecule has 2 aromatic heterocycles. The second-order valence-corrected chi connectivity index (χ2v) is 14.5. The number of fused-ring (bicyclic) bond motifs is 3. The molecule has 10 rings (SSSR count). The van der Waals surface area contributed by atoms with Crippen LogP contribution in [-0.4, -0.2) is 19.5 Å². The first-order valence-electron chi connectivity index (χ1n) is 19.4. The van der Waals surface area contributed by atoms with Crippen LogP contribution < -0.4 is 0 Å². The average Bonchev–Trinajstić information content (AvgIpc) is 3.61. The summed E-state index contributed by atoms with van der Waals surface area (Å²) in [4.78, 5) is 14.9. The van der Waals surface area contributed by atoms with Gasteiger partial charge in [0.25, 0.3) is 0 Å². The zero-order valence-corrected chi connectivity index (χ0v) is 31.5. The SMILES string of the molecule is Cc1ccc(-c2ccc3c4ccccc4n(-c4ccccc4)c3c2)cc1-c1ccccc1Cc1cccc(-c2nc(-c3ccccc3)nc(-c3ccccc3)n2)c1. The Bertz CT molecular complexity index is 2980. The molecule has 0 fully saturated rings. The van der Waals surface area contributed by atoms with Crippen LogP contribution in [0.2, 0.25) is 0 Å². The lowest BCUT2D eigenvalue weighted by atomic mass is 9.90. The Morgan fingerprint density at radius 1 is 0.386 bits per heavy atom. The van der Waals surface area contributed by atoms with Gasteiger partial charge in [0.2, 0.25) is 0 Å². The van der Waals surface area contributed by atoms with Gasteiger partial charge in [-0.2, -0.15) is 0 Å². The Labute approximate surface area is 332 Å². The third kappa shape index (κ3) is 6.58. The van der Waals surface area contributed by atoms with Crippen LogP contribution in [0.25, 0.3) is 83.9 Å². The quantitative estimate of drug-likeness (QED) is 0.156. The zero-order valence-electron chi connectivity index (χ0n) is 31.5. The van der Waals surface area contributed by atoms with Crippen molar-refractivity contribution in [2.45, 2.75) is 13.3 Å². The summed E-state index contributed by atoms with van der Waals surface area (Å²) in [5.41, 5.74) is 15.0. The summed E-state index contributed by atoms with van der Waals surface area (Å²) < 4.78 is 2.38. The van der Waals surface area contributed by atoms with E-state index in [4.69, 9.17) is 15.0 Å². The summed E-state index contributed by atoms with van der Waals surface area (Å²) in [7, 11) is 0. The van der Waals surface area contributed by atoms with E-state index in [0.717, 1.165) is 28.8 Å². The Balaban J connectivity index is 1.02. The van der Waals surface area contributed by atoms with Crippen molar-refractivity contribution in [1.82, 2.24) is 19.5 Å². The summed E-state index contributed by atoms with van der Waals surface area (Å²) in [6.07, 6.45) is 0.763. The number of aryl methyl sites for hydroxylation is 1. The van der Waals surface area contributed by atoms with Crippen LogP contribution in [0.1, 0.15) is 16.7 Å². The molecule has 0 aliphatic carbocycles. The molecule has 0 radical (unpaired) electrons. The van der Waals surface area contributed by atoms with Crippen LogP contribution in [-0.2, 0) is 6.42 Å². The number of rotatable bonds is 8. The average molecular weight is 731 g/mol. The number of para-hydroxylation sites is 2. The van der Waals surface area contributed by atoms with Crippen LogP contribution in [0.5, 0.6) is 0 Å². The molecule has 0 aliphatic rings. The molecule has 0 saturated heterocycles. The van der Waals surface area contributed by atoms with Gasteiger partial charge in [-0.25, -0.2) is 15.0 Å². The zero-order chi connectivity index (χ0) is 38.1.